The highest BCUT2D eigenvalue weighted by Crippen LogP contribution is 2.39. The molecule has 0 radical (unpaired) electrons. The zero-order chi connectivity index (χ0) is 73.9. The minimum atomic E-state index is -3.08. The quantitative estimate of drug-likeness (QED) is 0.0199. The molecule has 3 rings (SSSR count). The minimum absolute atomic E-state index is 0.206. The molecule has 14 N–H and O–H groups in total. The molecule has 0 aromatic carbocycles. The third kappa shape index (κ3) is 38.2. The summed E-state index contributed by atoms with van der Waals surface area (Å²) in [4.78, 5) is 38.7. The number of carbonyl (C=O) groups is 3. The van der Waals surface area contributed by atoms with Crippen LogP contribution in [0.15, 0.2) is 12.2 Å². The first-order valence-electron chi connectivity index (χ1n) is 40.6. The Bertz CT molecular complexity index is 2070. The Morgan fingerprint density at radius 2 is 0.921 bits per heavy atom. The summed E-state index contributed by atoms with van der Waals surface area (Å²) in [7, 11) is 0. The van der Waals surface area contributed by atoms with E-state index in [1.807, 2.05) is 6.08 Å². The van der Waals surface area contributed by atoms with E-state index in [0.29, 0.717) is 12.8 Å². The van der Waals surface area contributed by atoms with Crippen molar-refractivity contribution in [2.24, 2.45) is 0 Å². The van der Waals surface area contributed by atoms with Gasteiger partial charge in [-0.1, -0.05) is 302 Å². The largest absolute Gasteiger partial charge is 0.477 e. The molecule has 0 bridgehead atoms. The van der Waals surface area contributed by atoms with E-state index in [-0.39, 0.29) is 12.3 Å². The molecule has 3 aliphatic rings. The number of rotatable bonds is 64. The number of amides is 2. The van der Waals surface area contributed by atoms with Gasteiger partial charge in [0.2, 0.25) is 11.8 Å². The number of carboxylic acids is 1. The van der Waals surface area contributed by atoms with E-state index in [9.17, 15) is 75.7 Å². The second-order valence-corrected chi connectivity index (χ2v) is 29.6. The molecular weight excluding hydrogens is 1300 g/mol. The number of hydrogen-bond acceptors (Lipinski definition) is 20. The smallest absolute Gasteiger partial charge is 0.364 e. The van der Waals surface area contributed by atoms with Gasteiger partial charge in [0.25, 0.3) is 5.79 Å². The second-order valence-electron chi connectivity index (χ2n) is 29.6. The van der Waals surface area contributed by atoms with E-state index in [4.69, 9.17) is 28.4 Å². The molecule has 3 saturated heterocycles. The number of hydrogen-bond donors (Lipinski definition) is 14. The third-order valence-electron chi connectivity index (χ3n) is 20.7. The molecule has 0 aromatic heterocycles. The summed E-state index contributed by atoms with van der Waals surface area (Å²) in [5.74, 6) is -6.13. The lowest BCUT2D eigenvalue weighted by Gasteiger charge is -2.50. The molecule has 23 nitrogen and oxygen atoms in total. The van der Waals surface area contributed by atoms with Crippen LogP contribution >= 0.6 is 0 Å². The lowest BCUT2D eigenvalue weighted by atomic mass is 9.88. The first-order valence-corrected chi connectivity index (χ1v) is 40.6. The van der Waals surface area contributed by atoms with E-state index in [2.05, 4.69) is 24.5 Å². The number of nitrogens with one attached hydrogen (secondary N) is 2. The van der Waals surface area contributed by atoms with Crippen LogP contribution in [-0.2, 0) is 42.8 Å². The molecule has 2 amide bonds. The van der Waals surface area contributed by atoms with Crippen molar-refractivity contribution in [3.05, 3.63) is 12.2 Å². The number of aliphatic carboxylic acids is 1. The highest BCUT2D eigenvalue weighted by molar-refractivity contribution is 5.77. The Kier molecular flexibility index (Phi) is 52.9. The summed E-state index contributed by atoms with van der Waals surface area (Å²) < 4.78 is 34.9. The molecule has 0 aliphatic carbocycles. The highest BCUT2D eigenvalue weighted by Gasteiger charge is 2.60. The van der Waals surface area contributed by atoms with Gasteiger partial charge >= 0.3 is 5.97 Å². The molecule has 23 heteroatoms. The van der Waals surface area contributed by atoms with Crippen molar-refractivity contribution in [2.45, 2.75) is 439 Å². The fraction of sp³-hybridized carbons (Fsp3) is 0.936. The maximum atomic E-state index is 13.5. The number of carboxylic acid groups (broad SMARTS) is 1. The van der Waals surface area contributed by atoms with Gasteiger partial charge in [-0.05, 0) is 19.3 Å². The van der Waals surface area contributed by atoms with Crippen molar-refractivity contribution in [3.63, 3.8) is 0 Å². The van der Waals surface area contributed by atoms with Crippen LogP contribution in [0.5, 0.6) is 0 Å². The topological polar surface area (TPSA) is 373 Å². The highest BCUT2D eigenvalue weighted by atomic mass is 16.8. The van der Waals surface area contributed by atoms with Crippen molar-refractivity contribution in [1.29, 1.82) is 0 Å². The normalized spacial score (nSPS) is 26.8. The van der Waals surface area contributed by atoms with Gasteiger partial charge in [0.15, 0.2) is 12.6 Å². The molecule has 0 aromatic rings. The Balaban J connectivity index is 1.51. The van der Waals surface area contributed by atoms with Gasteiger partial charge in [0.1, 0.15) is 67.1 Å². The summed E-state index contributed by atoms with van der Waals surface area (Å²) in [6.45, 7) is 2.20. The van der Waals surface area contributed by atoms with Gasteiger partial charge in [0, 0.05) is 19.8 Å². The number of aliphatic hydroxyl groups excluding tert-OH is 11. The van der Waals surface area contributed by atoms with E-state index in [0.717, 1.165) is 51.9 Å². The second kappa shape index (κ2) is 57.6. The molecule has 594 valence electrons. The van der Waals surface area contributed by atoms with Gasteiger partial charge < -0.3 is 100 Å². The van der Waals surface area contributed by atoms with Gasteiger partial charge in [-0.25, -0.2) is 4.79 Å². The number of allylic oxidation sites excluding steroid dienone is 1. The van der Waals surface area contributed by atoms with Crippen molar-refractivity contribution in [1.82, 2.24) is 10.6 Å². The Morgan fingerprint density at radius 3 is 1.32 bits per heavy atom. The molecule has 3 heterocycles. The van der Waals surface area contributed by atoms with Crippen molar-refractivity contribution >= 4 is 17.8 Å². The van der Waals surface area contributed by atoms with Gasteiger partial charge in [0.05, 0.1) is 50.7 Å². The molecule has 18 unspecified atom stereocenters. The summed E-state index contributed by atoms with van der Waals surface area (Å²) in [5, 5.41) is 136. The van der Waals surface area contributed by atoms with Crippen LogP contribution in [0, 0.1) is 0 Å². The maximum absolute atomic E-state index is 13.5. The molecule has 18 atom stereocenters. The Morgan fingerprint density at radius 1 is 0.515 bits per heavy atom. The molecule has 0 saturated carbocycles. The predicted octanol–water partition coefficient (Wildman–Crippen LogP) is 10.6. The average Bonchev–Trinajstić information content (AvgIpc) is 0.756. The SMILES string of the molecule is CCCCCCCCCCCCCCCCCCCC/C=C/C(O)C(COC1OC(CO)C(OC2OC(CO)C(O)C(OC3(C(=O)O)CC(O)C(NC(C)=O)C(C(O)C(O)CO)O3)C2O)C(O)C1O)NC(=O)CCCCCCCCCCCCCCCCCCCCCCCCCCCCC. The first-order chi connectivity index (χ1) is 48.9. The van der Waals surface area contributed by atoms with Crippen molar-refractivity contribution < 1.29 is 104 Å². The molecule has 3 fully saturated rings. The van der Waals surface area contributed by atoms with Crippen LogP contribution in [0.3, 0.4) is 0 Å². The summed E-state index contributed by atoms with van der Waals surface area (Å²) >= 11 is 0. The lowest BCUT2D eigenvalue weighted by molar-refractivity contribution is -0.386. The van der Waals surface area contributed by atoms with Crippen molar-refractivity contribution in [2.75, 3.05) is 26.4 Å². The van der Waals surface area contributed by atoms with Gasteiger partial charge in [-0.3, -0.25) is 9.59 Å². The predicted molar refractivity (Wildman–Crippen MR) is 389 cm³/mol. The van der Waals surface area contributed by atoms with E-state index in [1.54, 1.807) is 6.08 Å². The van der Waals surface area contributed by atoms with Crippen LogP contribution < -0.4 is 10.6 Å². The zero-order valence-corrected chi connectivity index (χ0v) is 62.8. The van der Waals surface area contributed by atoms with Crippen LogP contribution in [0.4, 0.5) is 0 Å². The lowest BCUT2D eigenvalue weighted by Crippen LogP contribution is -2.70. The van der Waals surface area contributed by atoms with Crippen LogP contribution in [-0.4, -0.2) is 215 Å². The zero-order valence-electron chi connectivity index (χ0n) is 62.8. The maximum Gasteiger partial charge on any atom is 0.364 e. The minimum Gasteiger partial charge on any atom is -0.477 e. The van der Waals surface area contributed by atoms with Crippen LogP contribution in [0.2, 0.25) is 0 Å². The molecule has 0 spiro atoms. The van der Waals surface area contributed by atoms with Crippen LogP contribution in [0.25, 0.3) is 0 Å². The van der Waals surface area contributed by atoms with Crippen molar-refractivity contribution in [3.8, 4) is 0 Å². The molecule has 101 heavy (non-hydrogen) atoms. The van der Waals surface area contributed by atoms with Crippen LogP contribution in [0.1, 0.15) is 329 Å². The summed E-state index contributed by atoms with van der Waals surface area (Å²) in [5.41, 5.74) is 0. The number of unbranched alkanes of at least 4 members (excludes halogenated alkanes) is 44. The third-order valence-corrected chi connectivity index (χ3v) is 20.7. The molecular formula is C78H146N2O21. The number of aliphatic hydroxyl groups is 11. The number of ether oxygens (including phenoxy) is 6. The Hall–Kier alpha value is -2.53. The average molecular weight is 1450 g/mol. The first kappa shape index (κ1) is 92.7. The van der Waals surface area contributed by atoms with Gasteiger partial charge in [-0.2, -0.15) is 0 Å². The Labute approximate surface area is 607 Å². The summed E-state index contributed by atoms with van der Waals surface area (Å²) in [6.07, 6.45) is 32.5. The monoisotopic (exact) mass is 1450 g/mol. The van der Waals surface area contributed by atoms with E-state index in [1.165, 1.54) is 238 Å². The standard InChI is InChI=1S/C78H146N2O21/c1-4-6-8-10-12-14-16-18-20-22-24-26-27-28-29-30-31-32-34-36-38-40-42-44-46-48-50-52-65(88)80-59(60(85)51-49-47-45-43-41-39-37-35-33-25-23-21-19-17-15-13-11-9-7-5-2)57-96-75-70(92)69(91)72(64(56-83)98-75)99-76-71(93)74(68(90)63(55-82)97-76)101-78(77(94)95)53-61(86)66(79-58(3)84)73(100-78)67(89)62(87)54-81/h49,51,59-64,66-76,81-83,85-87,89-93H,4-48,50,52-57H2,1-3H3,(H,79,84)(H,80,88)(H,94,95)/b51-49+. The van der Waals surface area contributed by atoms with Gasteiger partial charge in [-0.15, -0.1) is 0 Å². The van der Waals surface area contributed by atoms with E-state index < -0.39 is 155 Å². The fourth-order valence-electron chi connectivity index (χ4n) is 14.3. The fourth-order valence-corrected chi connectivity index (χ4v) is 14.3. The van der Waals surface area contributed by atoms with E-state index >= 15 is 0 Å². The number of carbonyl (C=O) groups excluding carboxylic acids is 2. The molecule has 3 aliphatic heterocycles. The summed E-state index contributed by atoms with van der Waals surface area (Å²) in [6, 6.07) is -2.62.